The average molecular weight is 298 g/mol. The lowest BCUT2D eigenvalue weighted by atomic mass is 10.1. The van der Waals surface area contributed by atoms with Gasteiger partial charge in [0, 0.05) is 38.4 Å². The smallest absolute Gasteiger partial charge is 0.190 e. The van der Waals surface area contributed by atoms with E-state index in [2.05, 4.69) is 15.6 Å². The number of aliphatic imine (C=N–C) groups is 1. The number of hydrogen-bond donors (Lipinski definition) is 2. The van der Waals surface area contributed by atoms with Crippen LogP contribution in [-0.4, -0.2) is 39.3 Å². The van der Waals surface area contributed by atoms with Crippen molar-refractivity contribution in [2.24, 2.45) is 4.99 Å². The number of benzene rings is 1. The minimum Gasteiger partial charge on any atom is -0.382 e. The Kier molecular flexibility index (Phi) is 8.83. The fourth-order valence-electron chi connectivity index (χ4n) is 1.72. The molecule has 0 fully saturated rings. The maximum absolute atomic E-state index is 5.86. The van der Waals surface area contributed by atoms with Gasteiger partial charge in [0.05, 0.1) is 0 Å². The Morgan fingerprint density at radius 1 is 1.20 bits per heavy atom. The quantitative estimate of drug-likeness (QED) is 0.440. The molecular weight excluding hydrogens is 274 g/mol. The van der Waals surface area contributed by atoms with Gasteiger partial charge < -0.3 is 15.4 Å². The second-order valence-corrected chi connectivity index (χ2v) is 4.79. The molecule has 1 aromatic carbocycles. The van der Waals surface area contributed by atoms with Gasteiger partial charge in [-0.25, -0.2) is 0 Å². The van der Waals surface area contributed by atoms with E-state index in [-0.39, 0.29) is 0 Å². The molecule has 20 heavy (non-hydrogen) atoms. The molecule has 0 unspecified atom stereocenters. The molecule has 0 saturated carbocycles. The van der Waals surface area contributed by atoms with Crippen LogP contribution >= 0.6 is 11.6 Å². The third kappa shape index (κ3) is 7.36. The molecule has 5 heteroatoms. The van der Waals surface area contributed by atoms with Gasteiger partial charge in [-0.3, -0.25) is 4.99 Å². The highest BCUT2D eigenvalue weighted by Gasteiger charge is 1.98. The van der Waals surface area contributed by atoms with Crippen molar-refractivity contribution in [2.75, 3.05) is 33.4 Å². The lowest BCUT2D eigenvalue weighted by molar-refractivity contribution is 0.145. The van der Waals surface area contributed by atoms with Crippen molar-refractivity contribution in [1.29, 1.82) is 0 Å². The van der Waals surface area contributed by atoms with Crippen molar-refractivity contribution in [3.05, 3.63) is 34.9 Å². The number of nitrogens with zero attached hydrogens (tertiary/aromatic N) is 1. The Hall–Kier alpha value is -1.26. The van der Waals surface area contributed by atoms with Crippen LogP contribution in [0.25, 0.3) is 0 Å². The predicted molar refractivity (Wildman–Crippen MR) is 85.6 cm³/mol. The predicted octanol–water partition coefficient (Wildman–Crippen LogP) is 2.47. The summed E-state index contributed by atoms with van der Waals surface area (Å²) in [5, 5.41) is 7.32. The molecule has 112 valence electrons. The summed E-state index contributed by atoms with van der Waals surface area (Å²) in [7, 11) is 1.78. The summed E-state index contributed by atoms with van der Waals surface area (Å²) in [6.07, 6.45) is 1.92. The van der Waals surface area contributed by atoms with Gasteiger partial charge >= 0.3 is 0 Å². The van der Waals surface area contributed by atoms with Crippen LogP contribution in [-0.2, 0) is 11.2 Å². The molecule has 1 aromatic rings. The highest BCUT2D eigenvalue weighted by atomic mass is 35.5. The van der Waals surface area contributed by atoms with Gasteiger partial charge in [-0.1, -0.05) is 23.7 Å². The minimum absolute atomic E-state index is 0.772. The van der Waals surface area contributed by atoms with E-state index in [0.717, 1.165) is 50.1 Å². The second-order valence-electron chi connectivity index (χ2n) is 4.35. The standard InChI is InChI=1S/C15H24ClN3O/c1-3-20-12-4-10-18-15(17-2)19-11-9-13-5-7-14(16)8-6-13/h5-8H,3-4,9-12H2,1-2H3,(H2,17,18,19). The molecule has 0 aliphatic heterocycles. The van der Waals surface area contributed by atoms with Gasteiger partial charge in [0.15, 0.2) is 5.96 Å². The lowest BCUT2D eigenvalue weighted by Gasteiger charge is -2.11. The molecule has 0 aliphatic rings. The van der Waals surface area contributed by atoms with E-state index in [1.807, 2.05) is 31.2 Å². The number of rotatable bonds is 8. The molecule has 0 amide bonds. The third-order valence-electron chi connectivity index (χ3n) is 2.81. The van der Waals surface area contributed by atoms with Crippen molar-refractivity contribution in [2.45, 2.75) is 19.8 Å². The summed E-state index contributed by atoms with van der Waals surface area (Å²) in [4.78, 5) is 4.18. The normalized spacial score (nSPS) is 11.4. The van der Waals surface area contributed by atoms with Crippen molar-refractivity contribution in [1.82, 2.24) is 10.6 Å². The van der Waals surface area contributed by atoms with E-state index in [1.165, 1.54) is 5.56 Å². The van der Waals surface area contributed by atoms with Gasteiger partial charge in [0.25, 0.3) is 0 Å². The van der Waals surface area contributed by atoms with E-state index in [0.29, 0.717) is 0 Å². The Bertz CT molecular complexity index is 393. The fraction of sp³-hybridized carbons (Fsp3) is 0.533. The number of ether oxygens (including phenoxy) is 1. The van der Waals surface area contributed by atoms with E-state index in [4.69, 9.17) is 16.3 Å². The van der Waals surface area contributed by atoms with Crippen molar-refractivity contribution in [3.8, 4) is 0 Å². The topological polar surface area (TPSA) is 45.6 Å². The zero-order valence-electron chi connectivity index (χ0n) is 12.3. The first-order chi connectivity index (χ1) is 9.76. The van der Waals surface area contributed by atoms with Crippen LogP contribution in [0.3, 0.4) is 0 Å². The van der Waals surface area contributed by atoms with Crippen LogP contribution in [0, 0.1) is 0 Å². The van der Waals surface area contributed by atoms with Gasteiger partial charge in [0.2, 0.25) is 0 Å². The Morgan fingerprint density at radius 2 is 1.90 bits per heavy atom. The lowest BCUT2D eigenvalue weighted by Crippen LogP contribution is -2.39. The fourth-order valence-corrected chi connectivity index (χ4v) is 1.85. The summed E-state index contributed by atoms with van der Waals surface area (Å²) in [6, 6.07) is 7.92. The molecule has 4 nitrogen and oxygen atoms in total. The highest BCUT2D eigenvalue weighted by molar-refractivity contribution is 6.30. The van der Waals surface area contributed by atoms with Crippen LogP contribution in [0.2, 0.25) is 5.02 Å². The number of halogens is 1. The molecule has 0 heterocycles. The van der Waals surface area contributed by atoms with Crippen LogP contribution in [0.4, 0.5) is 0 Å². The molecular formula is C15H24ClN3O. The molecule has 0 atom stereocenters. The van der Waals surface area contributed by atoms with E-state index >= 15 is 0 Å². The number of nitrogens with one attached hydrogen (secondary N) is 2. The first-order valence-corrected chi connectivity index (χ1v) is 7.40. The molecule has 1 rings (SSSR count). The first kappa shape index (κ1) is 16.8. The maximum Gasteiger partial charge on any atom is 0.190 e. The Balaban J connectivity index is 2.16. The second kappa shape index (κ2) is 10.5. The maximum atomic E-state index is 5.86. The van der Waals surface area contributed by atoms with Crippen molar-refractivity contribution < 1.29 is 4.74 Å². The van der Waals surface area contributed by atoms with E-state index in [1.54, 1.807) is 7.05 Å². The summed E-state index contributed by atoms with van der Waals surface area (Å²) < 4.78 is 5.29. The first-order valence-electron chi connectivity index (χ1n) is 7.03. The van der Waals surface area contributed by atoms with Gasteiger partial charge in [0.1, 0.15) is 0 Å². The molecule has 0 bridgehead atoms. The van der Waals surface area contributed by atoms with Gasteiger partial charge in [-0.2, -0.15) is 0 Å². The van der Waals surface area contributed by atoms with Crippen LogP contribution in [0.5, 0.6) is 0 Å². The van der Waals surface area contributed by atoms with Gasteiger partial charge in [-0.15, -0.1) is 0 Å². The van der Waals surface area contributed by atoms with Crippen molar-refractivity contribution >= 4 is 17.6 Å². The summed E-state index contributed by atoms with van der Waals surface area (Å²) in [5.74, 6) is 0.829. The minimum atomic E-state index is 0.772. The third-order valence-corrected chi connectivity index (χ3v) is 3.06. The van der Waals surface area contributed by atoms with Gasteiger partial charge in [-0.05, 0) is 37.5 Å². The summed E-state index contributed by atoms with van der Waals surface area (Å²) in [6.45, 7) is 5.26. The number of guanidine groups is 1. The summed E-state index contributed by atoms with van der Waals surface area (Å²) in [5.41, 5.74) is 1.26. The Morgan fingerprint density at radius 3 is 2.55 bits per heavy atom. The zero-order valence-corrected chi connectivity index (χ0v) is 13.0. The monoisotopic (exact) mass is 297 g/mol. The van der Waals surface area contributed by atoms with E-state index in [9.17, 15) is 0 Å². The molecule has 0 aromatic heterocycles. The summed E-state index contributed by atoms with van der Waals surface area (Å²) >= 11 is 5.86. The van der Waals surface area contributed by atoms with E-state index < -0.39 is 0 Å². The highest BCUT2D eigenvalue weighted by Crippen LogP contribution is 2.09. The molecule has 0 radical (unpaired) electrons. The van der Waals surface area contributed by atoms with Crippen LogP contribution in [0.1, 0.15) is 18.9 Å². The zero-order chi connectivity index (χ0) is 14.6. The molecule has 0 aliphatic carbocycles. The largest absolute Gasteiger partial charge is 0.382 e. The Labute approximate surface area is 126 Å². The average Bonchev–Trinajstić information content (AvgIpc) is 2.47. The molecule has 0 spiro atoms. The van der Waals surface area contributed by atoms with Crippen LogP contribution < -0.4 is 10.6 Å². The SMILES string of the molecule is CCOCCCNC(=NC)NCCc1ccc(Cl)cc1. The van der Waals surface area contributed by atoms with Crippen molar-refractivity contribution in [3.63, 3.8) is 0 Å². The molecule has 0 saturated heterocycles. The molecule has 2 N–H and O–H groups in total. The number of hydrogen-bond acceptors (Lipinski definition) is 2. The van der Waals surface area contributed by atoms with Crippen LogP contribution in [0.15, 0.2) is 29.3 Å².